The molecule has 78 heavy (non-hydrogen) atoms. The Morgan fingerprint density at radius 3 is 1.41 bits per heavy atom. The van der Waals surface area contributed by atoms with Gasteiger partial charge in [-0.3, -0.25) is 4.79 Å². The summed E-state index contributed by atoms with van der Waals surface area (Å²) < 4.78 is 22.7. The number of nitrogens with one attached hydrogen (secondary N) is 1. The zero-order valence-corrected chi connectivity index (χ0v) is 47.6. The van der Waals surface area contributed by atoms with E-state index in [1.807, 2.05) is 12.2 Å². The molecule has 1 amide bonds. The van der Waals surface area contributed by atoms with Gasteiger partial charge in [0.2, 0.25) is 5.91 Å². The van der Waals surface area contributed by atoms with Crippen molar-refractivity contribution in [1.29, 1.82) is 0 Å². The molecule has 0 radical (unpaired) electrons. The Morgan fingerprint density at radius 2 is 0.897 bits per heavy atom. The minimum Gasteiger partial charge on any atom is -0.394 e. The Bertz CT molecular complexity index is 1770. The van der Waals surface area contributed by atoms with E-state index in [0.29, 0.717) is 19.3 Å². The van der Waals surface area contributed by atoms with Gasteiger partial charge in [0.1, 0.15) is 48.8 Å². The van der Waals surface area contributed by atoms with Crippen molar-refractivity contribution in [2.45, 2.75) is 254 Å². The fraction of sp³-hybridized carbons (Fsp3) is 0.672. The Hall–Kier alpha value is -3.61. The van der Waals surface area contributed by atoms with Gasteiger partial charge in [0.05, 0.1) is 32.0 Å². The van der Waals surface area contributed by atoms with Gasteiger partial charge in [-0.25, -0.2) is 0 Å². The van der Waals surface area contributed by atoms with E-state index in [1.54, 1.807) is 6.08 Å². The summed E-state index contributed by atoms with van der Waals surface area (Å²) in [4.78, 5) is 13.2. The molecule has 2 aliphatic heterocycles. The number of allylic oxidation sites excluding steroid dienone is 19. The molecule has 2 aliphatic rings. The van der Waals surface area contributed by atoms with Crippen molar-refractivity contribution >= 4 is 5.91 Å². The van der Waals surface area contributed by atoms with Crippen molar-refractivity contribution in [3.05, 3.63) is 122 Å². The van der Waals surface area contributed by atoms with Crippen LogP contribution in [0, 0.1) is 0 Å². The first kappa shape index (κ1) is 70.5. The van der Waals surface area contributed by atoms with Crippen molar-refractivity contribution < 1.29 is 64.6 Å². The molecule has 14 nitrogen and oxygen atoms in total. The number of carbonyl (C=O) groups excluding carboxylic acids is 1. The normalized spacial score (nSPS) is 25.5. The van der Waals surface area contributed by atoms with Crippen molar-refractivity contribution in [3.8, 4) is 0 Å². The Labute approximate surface area is 469 Å². The van der Waals surface area contributed by atoms with Gasteiger partial charge in [0.25, 0.3) is 0 Å². The maximum Gasteiger partial charge on any atom is 0.220 e. The lowest BCUT2D eigenvalue weighted by Crippen LogP contribution is -2.65. The smallest absolute Gasteiger partial charge is 0.220 e. The van der Waals surface area contributed by atoms with E-state index in [9.17, 15) is 45.6 Å². The highest BCUT2D eigenvalue weighted by molar-refractivity contribution is 5.76. The first-order chi connectivity index (χ1) is 38.1. The maximum atomic E-state index is 13.2. The average molecular weight is 1100 g/mol. The monoisotopic (exact) mass is 1100 g/mol. The summed E-state index contributed by atoms with van der Waals surface area (Å²) in [7, 11) is 0. The van der Waals surface area contributed by atoms with E-state index >= 15 is 0 Å². The third-order valence-corrected chi connectivity index (χ3v) is 13.6. The van der Waals surface area contributed by atoms with Crippen molar-refractivity contribution in [2.75, 3.05) is 19.8 Å². The number of hydrogen-bond acceptors (Lipinski definition) is 13. The third kappa shape index (κ3) is 33.2. The molecule has 2 heterocycles. The molecule has 2 rings (SSSR count). The van der Waals surface area contributed by atoms with Crippen LogP contribution in [-0.4, -0.2) is 140 Å². The fourth-order valence-corrected chi connectivity index (χ4v) is 8.84. The van der Waals surface area contributed by atoms with Gasteiger partial charge < -0.3 is 65.1 Å². The zero-order valence-electron chi connectivity index (χ0n) is 47.6. The molecular formula is C64H105NO13. The predicted molar refractivity (Wildman–Crippen MR) is 313 cm³/mol. The van der Waals surface area contributed by atoms with Crippen LogP contribution in [0.15, 0.2) is 122 Å². The highest BCUT2D eigenvalue weighted by Gasteiger charge is 2.51. The van der Waals surface area contributed by atoms with Gasteiger partial charge in [0.15, 0.2) is 12.6 Å². The summed E-state index contributed by atoms with van der Waals surface area (Å²) in [5.41, 5.74) is 0. The summed E-state index contributed by atoms with van der Waals surface area (Å²) >= 11 is 0. The molecular weight excluding hydrogens is 991 g/mol. The Kier molecular flexibility index (Phi) is 43.5. The lowest BCUT2D eigenvalue weighted by Gasteiger charge is -2.46. The van der Waals surface area contributed by atoms with Gasteiger partial charge >= 0.3 is 0 Å². The van der Waals surface area contributed by atoms with Crippen molar-refractivity contribution in [2.24, 2.45) is 0 Å². The number of aliphatic hydroxyl groups is 8. The predicted octanol–water partition coefficient (Wildman–Crippen LogP) is 10.2. The average Bonchev–Trinajstić information content (AvgIpc) is 3.48. The third-order valence-electron chi connectivity index (χ3n) is 13.6. The molecule has 9 N–H and O–H groups in total. The first-order valence-electron chi connectivity index (χ1n) is 29.8. The minimum absolute atomic E-state index is 0.182. The van der Waals surface area contributed by atoms with Gasteiger partial charge in [-0.2, -0.15) is 0 Å². The van der Waals surface area contributed by atoms with Crippen LogP contribution >= 0.6 is 0 Å². The number of ether oxygens (including phenoxy) is 4. The highest BCUT2D eigenvalue weighted by atomic mass is 16.7. The van der Waals surface area contributed by atoms with Gasteiger partial charge in [-0.15, -0.1) is 0 Å². The first-order valence-corrected chi connectivity index (χ1v) is 29.8. The van der Waals surface area contributed by atoms with Crippen LogP contribution in [-0.2, 0) is 23.7 Å². The van der Waals surface area contributed by atoms with E-state index in [-0.39, 0.29) is 18.9 Å². The van der Waals surface area contributed by atoms with Gasteiger partial charge in [-0.05, 0) is 96.3 Å². The van der Waals surface area contributed by atoms with Crippen LogP contribution in [0.3, 0.4) is 0 Å². The molecule has 14 heteroatoms. The number of rotatable bonds is 45. The van der Waals surface area contributed by atoms with Crippen molar-refractivity contribution in [1.82, 2.24) is 5.32 Å². The summed E-state index contributed by atoms with van der Waals surface area (Å²) in [5, 5.41) is 87.0. The molecule has 12 unspecified atom stereocenters. The van der Waals surface area contributed by atoms with E-state index in [2.05, 4.69) is 122 Å². The molecule has 0 bridgehead atoms. The highest BCUT2D eigenvalue weighted by Crippen LogP contribution is 2.30. The Morgan fingerprint density at radius 1 is 0.474 bits per heavy atom. The summed E-state index contributed by atoms with van der Waals surface area (Å²) in [6.45, 7) is 2.60. The topological polar surface area (TPSA) is 228 Å². The minimum atomic E-state index is -1.80. The molecule has 0 aromatic rings. The van der Waals surface area contributed by atoms with Crippen LogP contribution in [0.25, 0.3) is 0 Å². The summed E-state index contributed by atoms with van der Waals surface area (Å²) in [6, 6.07) is -0.978. The number of amides is 1. The lowest BCUT2D eigenvalue weighted by molar-refractivity contribution is -0.359. The number of unbranched alkanes of at least 4 members (excludes halogenated alkanes) is 14. The van der Waals surface area contributed by atoms with Crippen LogP contribution in [0.5, 0.6) is 0 Å². The largest absolute Gasteiger partial charge is 0.394 e. The lowest BCUT2D eigenvalue weighted by atomic mass is 9.97. The molecule has 2 saturated heterocycles. The second-order valence-electron chi connectivity index (χ2n) is 20.4. The molecule has 2 fully saturated rings. The number of aliphatic hydroxyl groups excluding tert-OH is 8. The second kappa shape index (κ2) is 48.1. The Balaban J connectivity index is 1.84. The SMILES string of the molecule is CC/C=C\C/C=C\C/C=C\C/C=C\C/C=C\C/C=C\C/C=C\CCCC(=O)NC(COC1OC(CO)C(OC2OC(CO)C(O)C(O)C2O)C(O)C1O)C(O)/C=C/CC/C=C/CC/C=C/CCCCCCCCCCCCC. The van der Waals surface area contributed by atoms with Crippen molar-refractivity contribution in [3.63, 3.8) is 0 Å². The maximum absolute atomic E-state index is 13.2. The fourth-order valence-electron chi connectivity index (χ4n) is 8.84. The van der Waals surface area contributed by atoms with E-state index in [0.717, 1.165) is 70.6 Å². The van der Waals surface area contributed by atoms with Gasteiger partial charge in [0, 0.05) is 6.42 Å². The zero-order chi connectivity index (χ0) is 56.7. The second-order valence-corrected chi connectivity index (χ2v) is 20.4. The summed E-state index contributed by atoms with van der Waals surface area (Å²) in [6.07, 6.45) is 52.4. The molecule has 0 aromatic heterocycles. The van der Waals surface area contributed by atoms with E-state index < -0.39 is 86.8 Å². The number of hydrogen-bond donors (Lipinski definition) is 9. The molecule has 12 atom stereocenters. The van der Waals surface area contributed by atoms with Crippen LogP contribution in [0.4, 0.5) is 0 Å². The quantitative estimate of drug-likeness (QED) is 0.0205. The number of carbonyl (C=O) groups is 1. The molecule has 0 aliphatic carbocycles. The van der Waals surface area contributed by atoms with Crippen LogP contribution in [0.1, 0.15) is 181 Å². The van der Waals surface area contributed by atoms with Gasteiger partial charge in [-0.1, -0.05) is 200 Å². The summed E-state index contributed by atoms with van der Waals surface area (Å²) in [5.74, 6) is -0.316. The standard InChI is InChI=1S/C64H105NO13/c1-3-5-7-9-11-13-15-17-19-21-23-25-26-28-30-32-34-36-38-40-42-44-46-48-56(69)65-52(53(68)47-45-43-41-39-37-35-33-31-29-27-24-22-20-18-16-14-12-10-8-6-4-2)51-75-63-61(74)59(72)62(55(50-67)77-63)78-64-60(73)58(71)57(70)54(49-66)76-64/h5,7,11,13,17,19,23,25,28-31,34,36-37,39-40,42,45,47,52-55,57-64,66-68,70-74H,3-4,6,8-10,12,14-16,18,20-22,24,26-27,32-33,35,38,41,43-44,46,48-51H2,1-2H3,(H,65,69)/b7-5-,13-11-,19-17-,25-23-,30-28-,31-29+,36-34-,39-37+,42-40-,47-45+. The van der Waals surface area contributed by atoms with Crippen LogP contribution < -0.4 is 5.32 Å². The molecule has 444 valence electrons. The molecule has 0 aromatic carbocycles. The molecule has 0 saturated carbocycles. The van der Waals surface area contributed by atoms with E-state index in [1.165, 1.54) is 70.6 Å². The van der Waals surface area contributed by atoms with Crippen LogP contribution in [0.2, 0.25) is 0 Å². The molecule has 0 spiro atoms. The van der Waals surface area contributed by atoms with E-state index in [4.69, 9.17) is 18.9 Å².